The molecule has 0 aromatic heterocycles. The Labute approximate surface area is 122 Å². The van der Waals surface area contributed by atoms with Crippen molar-refractivity contribution in [1.29, 1.82) is 0 Å². The molecule has 20 heavy (non-hydrogen) atoms. The molecule has 2 aromatic rings. The number of nitrogens with one attached hydrogen (secondary N) is 1. The van der Waals surface area contributed by atoms with E-state index >= 15 is 0 Å². The molecule has 0 spiro atoms. The summed E-state index contributed by atoms with van der Waals surface area (Å²) in [6, 6.07) is 14.1. The van der Waals surface area contributed by atoms with Crippen molar-refractivity contribution in [3.63, 3.8) is 0 Å². The average molecular weight is 265 g/mol. The quantitative estimate of drug-likeness (QED) is 0.793. The van der Waals surface area contributed by atoms with Gasteiger partial charge in [0.15, 0.2) is 0 Å². The van der Waals surface area contributed by atoms with Crippen molar-refractivity contribution in [2.24, 2.45) is 0 Å². The third kappa shape index (κ3) is 2.33. The molecule has 104 valence electrons. The van der Waals surface area contributed by atoms with Crippen LogP contribution in [-0.2, 0) is 6.42 Å². The lowest BCUT2D eigenvalue weighted by molar-refractivity contribution is 0.812. The zero-order valence-electron chi connectivity index (χ0n) is 12.8. The summed E-state index contributed by atoms with van der Waals surface area (Å²) in [6.07, 6.45) is 1.10. The first-order valence-corrected chi connectivity index (χ1v) is 7.51. The van der Waals surface area contributed by atoms with Gasteiger partial charge in [-0.2, -0.15) is 0 Å². The van der Waals surface area contributed by atoms with E-state index < -0.39 is 0 Å². The highest BCUT2D eigenvalue weighted by atomic mass is 14.9. The smallest absolute Gasteiger partial charge is 0.0557 e. The van der Waals surface area contributed by atoms with E-state index in [1.807, 2.05) is 0 Å². The summed E-state index contributed by atoms with van der Waals surface area (Å²) in [4.78, 5) is 0. The molecule has 1 aliphatic heterocycles. The van der Waals surface area contributed by atoms with Gasteiger partial charge in [0, 0.05) is 5.69 Å². The first kappa shape index (κ1) is 13.2. The lowest BCUT2D eigenvalue weighted by atomic mass is 9.95. The SMILES string of the molecule is Cc1ccc(C2Cc3cc(C(C)C)ccc3N2)c(C)c1. The highest BCUT2D eigenvalue weighted by Crippen LogP contribution is 2.36. The molecule has 2 aromatic carbocycles. The summed E-state index contributed by atoms with van der Waals surface area (Å²) in [5.74, 6) is 0.598. The van der Waals surface area contributed by atoms with E-state index in [1.165, 1.54) is 33.5 Å². The van der Waals surface area contributed by atoms with Gasteiger partial charge in [-0.05, 0) is 54.5 Å². The molecule has 1 heterocycles. The van der Waals surface area contributed by atoms with Gasteiger partial charge in [-0.1, -0.05) is 49.7 Å². The summed E-state index contributed by atoms with van der Waals surface area (Å²) < 4.78 is 0. The van der Waals surface area contributed by atoms with Crippen LogP contribution in [0.1, 0.15) is 53.6 Å². The minimum absolute atomic E-state index is 0.424. The van der Waals surface area contributed by atoms with Gasteiger partial charge in [0.05, 0.1) is 6.04 Å². The predicted octanol–water partition coefficient (Wildman–Crippen LogP) is 5.14. The maximum absolute atomic E-state index is 3.68. The van der Waals surface area contributed by atoms with E-state index in [2.05, 4.69) is 69.4 Å². The van der Waals surface area contributed by atoms with E-state index in [4.69, 9.17) is 0 Å². The fourth-order valence-corrected chi connectivity index (χ4v) is 3.15. The van der Waals surface area contributed by atoms with Crippen molar-refractivity contribution in [2.75, 3.05) is 5.32 Å². The van der Waals surface area contributed by atoms with Crippen LogP contribution in [0, 0.1) is 13.8 Å². The molecule has 0 fully saturated rings. The van der Waals surface area contributed by atoms with E-state index in [9.17, 15) is 0 Å². The van der Waals surface area contributed by atoms with Crippen molar-refractivity contribution in [2.45, 2.75) is 46.1 Å². The zero-order chi connectivity index (χ0) is 14.3. The zero-order valence-corrected chi connectivity index (χ0v) is 12.8. The maximum Gasteiger partial charge on any atom is 0.0557 e. The molecule has 1 nitrogen and oxygen atoms in total. The Morgan fingerprint density at radius 3 is 2.55 bits per heavy atom. The summed E-state index contributed by atoms with van der Waals surface area (Å²) in [5, 5.41) is 3.68. The topological polar surface area (TPSA) is 12.0 Å². The van der Waals surface area contributed by atoms with Crippen molar-refractivity contribution in [3.8, 4) is 0 Å². The van der Waals surface area contributed by atoms with Crippen LogP contribution in [0.4, 0.5) is 5.69 Å². The first-order valence-electron chi connectivity index (χ1n) is 7.51. The van der Waals surface area contributed by atoms with Crippen molar-refractivity contribution in [1.82, 2.24) is 0 Å². The lowest BCUT2D eigenvalue weighted by Crippen LogP contribution is -2.07. The Kier molecular flexibility index (Phi) is 3.29. The fraction of sp³-hybridized carbons (Fsp3) is 0.368. The van der Waals surface area contributed by atoms with E-state index in [-0.39, 0.29) is 0 Å². The second kappa shape index (κ2) is 4.97. The van der Waals surface area contributed by atoms with E-state index in [0.29, 0.717) is 12.0 Å². The molecule has 0 saturated heterocycles. The largest absolute Gasteiger partial charge is 0.378 e. The number of rotatable bonds is 2. The van der Waals surface area contributed by atoms with Gasteiger partial charge in [0.2, 0.25) is 0 Å². The van der Waals surface area contributed by atoms with Crippen LogP contribution >= 0.6 is 0 Å². The molecule has 1 N–H and O–H groups in total. The van der Waals surface area contributed by atoms with Crippen molar-refractivity contribution >= 4 is 5.69 Å². The Morgan fingerprint density at radius 1 is 1.05 bits per heavy atom. The van der Waals surface area contributed by atoms with Gasteiger partial charge in [-0.25, -0.2) is 0 Å². The van der Waals surface area contributed by atoms with Crippen LogP contribution < -0.4 is 5.32 Å². The van der Waals surface area contributed by atoms with Crippen LogP contribution in [0.25, 0.3) is 0 Å². The van der Waals surface area contributed by atoms with E-state index in [1.54, 1.807) is 0 Å². The van der Waals surface area contributed by atoms with Gasteiger partial charge in [0.25, 0.3) is 0 Å². The normalized spacial score (nSPS) is 17.1. The molecule has 1 unspecified atom stereocenters. The fourth-order valence-electron chi connectivity index (χ4n) is 3.15. The van der Waals surface area contributed by atoms with Gasteiger partial charge >= 0.3 is 0 Å². The van der Waals surface area contributed by atoms with Crippen LogP contribution in [0.2, 0.25) is 0 Å². The molecule has 1 atom stereocenters. The molecule has 1 aliphatic rings. The van der Waals surface area contributed by atoms with Gasteiger partial charge < -0.3 is 5.32 Å². The first-order chi connectivity index (χ1) is 9.54. The number of hydrogen-bond acceptors (Lipinski definition) is 1. The number of benzene rings is 2. The van der Waals surface area contributed by atoms with Crippen LogP contribution in [0.15, 0.2) is 36.4 Å². The molecule has 0 saturated carbocycles. The van der Waals surface area contributed by atoms with Crippen LogP contribution in [0.3, 0.4) is 0 Å². The maximum atomic E-state index is 3.68. The molecule has 0 amide bonds. The molecule has 3 rings (SSSR count). The second-order valence-corrected chi connectivity index (χ2v) is 6.33. The molecule has 0 radical (unpaired) electrons. The molecule has 0 bridgehead atoms. The number of hydrogen-bond donors (Lipinski definition) is 1. The summed E-state index contributed by atoms with van der Waals surface area (Å²) >= 11 is 0. The monoisotopic (exact) mass is 265 g/mol. The predicted molar refractivity (Wildman–Crippen MR) is 86.5 cm³/mol. The van der Waals surface area contributed by atoms with Crippen LogP contribution in [0.5, 0.6) is 0 Å². The Balaban J connectivity index is 1.90. The summed E-state index contributed by atoms with van der Waals surface area (Å²) in [7, 11) is 0. The van der Waals surface area contributed by atoms with Gasteiger partial charge in [-0.3, -0.25) is 0 Å². The van der Waals surface area contributed by atoms with Crippen molar-refractivity contribution < 1.29 is 0 Å². The van der Waals surface area contributed by atoms with Gasteiger partial charge in [-0.15, -0.1) is 0 Å². The third-order valence-corrected chi connectivity index (χ3v) is 4.35. The molecular weight excluding hydrogens is 242 g/mol. The highest BCUT2D eigenvalue weighted by Gasteiger charge is 2.23. The van der Waals surface area contributed by atoms with Gasteiger partial charge in [0.1, 0.15) is 0 Å². The highest BCUT2D eigenvalue weighted by molar-refractivity contribution is 5.60. The molecule has 0 aliphatic carbocycles. The standard InChI is InChI=1S/C19H23N/c1-12(2)15-6-8-18-16(10-15)11-19(20-18)17-7-5-13(3)9-14(17)4/h5-10,12,19-20H,11H2,1-4H3. The summed E-state index contributed by atoms with van der Waals surface area (Å²) in [6.45, 7) is 8.88. The van der Waals surface area contributed by atoms with Crippen LogP contribution in [-0.4, -0.2) is 0 Å². The Bertz CT molecular complexity index is 640. The minimum atomic E-state index is 0.424. The third-order valence-electron chi connectivity index (χ3n) is 4.35. The Hall–Kier alpha value is -1.76. The molecular formula is C19H23N. The number of fused-ring (bicyclic) bond motifs is 1. The molecule has 1 heteroatoms. The van der Waals surface area contributed by atoms with E-state index in [0.717, 1.165) is 6.42 Å². The number of anilines is 1. The second-order valence-electron chi connectivity index (χ2n) is 6.33. The van der Waals surface area contributed by atoms with Crippen molar-refractivity contribution in [3.05, 3.63) is 64.2 Å². The Morgan fingerprint density at radius 2 is 1.85 bits per heavy atom. The average Bonchev–Trinajstić information content (AvgIpc) is 2.80. The lowest BCUT2D eigenvalue weighted by Gasteiger charge is -2.15. The number of aryl methyl sites for hydroxylation is 2. The summed E-state index contributed by atoms with van der Waals surface area (Å²) in [5.41, 5.74) is 8.36. The minimum Gasteiger partial charge on any atom is -0.378 e.